The topological polar surface area (TPSA) is 184 Å². The van der Waals surface area contributed by atoms with E-state index >= 15 is 0 Å². The molecule has 15 nitrogen and oxygen atoms in total. The molecule has 2 aliphatic rings. The first-order chi connectivity index (χ1) is 30.1. The molecule has 2 aromatic heterocycles. The number of aromatic amines is 2. The number of alkyl carbamates (subject to hydrolysis) is 2. The number of nitrogens with zero attached hydrogens (tertiary/aromatic N) is 4. The van der Waals surface area contributed by atoms with E-state index in [1.807, 2.05) is 80.6 Å². The largest absolute Gasteiger partial charge is 0.456 e. The Labute approximate surface area is 360 Å². The van der Waals surface area contributed by atoms with E-state index in [2.05, 4.69) is 49.3 Å². The maximum absolute atomic E-state index is 13.9. The molecule has 4 amide bonds. The van der Waals surface area contributed by atoms with Crippen LogP contribution in [0, 0.1) is 29.6 Å². The van der Waals surface area contributed by atoms with Gasteiger partial charge in [-0.2, -0.15) is 0 Å². The van der Waals surface area contributed by atoms with Crippen LogP contribution in [0.3, 0.4) is 0 Å². The number of aromatic nitrogens is 4. The molecule has 2 saturated heterocycles. The van der Waals surface area contributed by atoms with Crippen molar-refractivity contribution in [1.29, 1.82) is 0 Å². The first kappa shape index (κ1) is 42.6. The Morgan fingerprint density at radius 1 is 0.742 bits per heavy atom. The number of carbonyl (C=O) groups excluding carboxylic acids is 4. The lowest BCUT2D eigenvalue weighted by Crippen LogP contribution is -2.51. The minimum atomic E-state index is -0.919. The van der Waals surface area contributed by atoms with Crippen molar-refractivity contribution in [3.8, 4) is 46.4 Å². The summed E-state index contributed by atoms with van der Waals surface area (Å²) in [6, 6.07) is 21.8. The second kappa shape index (κ2) is 19.7. The molecule has 0 unspecified atom stereocenters. The molecule has 62 heavy (non-hydrogen) atoms. The minimum absolute atomic E-state index is 0.144. The minimum Gasteiger partial charge on any atom is -0.456 e. The number of likely N-dealkylation sites (tertiary alicyclic amines) is 2. The van der Waals surface area contributed by atoms with Crippen molar-refractivity contribution in [3.05, 3.63) is 120 Å². The molecule has 15 heteroatoms. The molecule has 0 spiro atoms. The molecule has 318 valence electrons. The number of imidazole rings is 2. The highest BCUT2D eigenvalue weighted by atomic mass is 16.5. The normalized spacial score (nSPS) is 16.6. The molecule has 0 bridgehead atoms. The molecule has 3 aromatic carbocycles. The third-order valence-corrected chi connectivity index (χ3v) is 10.8. The van der Waals surface area contributed by atoms with Crippen molar-refractivity contribution < 1.29 is 33.4 Å². The van der Waals surface area contributed by atoms with Crippen LogP contribution in [0.4, 0.5) is 9.59 Å². The van der Waals surface area contributed by atoms with Gasteiger partial charge in [0.15, 0.2) is 0 Å². The van der Waals surface area contributed by atoms with Crippen LogP contribution in [0.15, 0.2) is 91.3 Å². The molecule has 5 aromatic rings. The van der Waals surface area contributed by atoms with Crippen molar-refractivity contribution in [2.24, 2.45) is 5.92 Å². The van der Waals surface area contributed by atoms with Crippen LogP contribution in [0.1, 0.15) is 86.1 Å². The third kappa shape index (κ3) is 9.91. The fourth-order valence-corrected chi connectivity index (χ4v) is 7.70. The molecule has 2 fully saturated rings. The summed E-state index contributed by atoms with van der Waals surface area (Å²) >= 11 is 0. The molecule has 4 atom stereocenters. The number of nitrogens with one attached hydrogen (secondary N) is 4. The second-order valence-electron chi connectivity index (χ2n) is 15.2. The lowest BCUT2D eigenvalue weighted by molar-refractivity contribution is -0.135. The van der Waals surface area contributed by atoms with Gasteiger partial charge in [0, 0.05) is 18.7 Å². The summed E-state index contributed by atoms with van der Waals surface area (Å²) in [6.07, 6.45) is 5.00. The summed E-state index contributed by atoms with van der Waals surface area (Å²) in [5, 5.41) is 5.37. The zero-order valence-corrected chi connectivity index (χ0v) is 34.9. The lowest BCUT2D eigenvalue weighted by atomic mass is 10.0. The summed E-state index contributed by atoms with van der Waals surface area (Å²) in [6.45, 7) is 4.82. The van der Waals surface area contributed by atoms with E-state index in [0.717, 1.165) is 30.5 Å². The van der Waals surface area contributed by atoms with Gasteiger partial charge in [-0.25, -0.2) is 19.6 Å². The maximum Gasteiger partial charge on any atom is 0.407 e. The lowest BCUT2D eigenvalue weighted by Gasteiger charge is -2.30. The van der Waals surface area contributed by atoms with E-state index in [1.165, 1.54) is 14.2 Å². The van der Waals surface area contributed by atoms with Crippen LogP contribution >= 0.6 is 0 Å². The molecule has 0 radical (unpaired) electrons. The van der Waals surface area contributed by atoms with Crippen LogP contribution in [0.5, 0.6) is 11.5 Å². The first-order valence-corrected chi connectivity index (χ1v) is 20.5. The zero-order valence-electron chi connectivity index (χ0n) is 34.9. The third-order valence-electron chi connectivity index (χ3n) is 10.8. The van der Waals surface area contributed by atoms with Gasteiger partial charge in [-0.15, -0.1) is 0 Å². The van der Waals surface area contributed by atoms with Gasteiger partial charge in [0.05, 0.1) is 50.0 Å². The van der Waals surface area contributed by atoms with Crippen LogP contribution in [-0.2, 0) is 19.1 Å². The van der Waals surface area contributed by atoms with Gasteiger partial charge in [0.1, 0.15) is 40.9 Å². The molecule has 7 rings (SSSR count). The summed E-state index contributed by atoms with van der Waals surface area (Å²) in [4.78, 5) is 71.2. The van der Waals surface area contributed by atoms with Gasteiger partial charge in [0.2, 0.25) is 5.91 Å². The molecule has 2 aliphatic heterocycles. The number of amides is 4. The quantitative estimate of drug-likeness (QED) is 0.104. The Balaban J connectivity index is 1.08. The number of hydrogen-bond donors (Lipinski definition) is 4. The summed E-state index contributed by atoms with van der Waals surface area (Å²) in [5.74, 6) is 13.8. The average molecular weight is 837 g/mol. The maximum atomic E-state index is 13.9. The van der Waals surface area contributed by atoms with Crippen molar-refractivity contribution in [1.82, 2.24) is 40.4 Å². The number of ether oxygens (including phenoxy) is 3. The number of rotatable bonds is 11. The van der Waals surface area contributed by atoms with E-state index < -0.39 is 24.3 Å². The van der Waals surface area contributed by atoms with Crippen molar-refractivity contribution >= 4 is 24.0 Å². The van der Waals surface area contributed by atoms with E-state index in [0.29, 0.717) is 59.5 Å². The van der Waals surface area contributed by atoms with Crippen LogP contribution in [-0.4, -0.2) is 87.1 Å². The number of carbonyl (C=O) groups is 4. The molecular weight excluding hydrogens is 789 g/mol. The molecular formula is C47H48N8O7. The number of H-pyrrole nitrogens is 2. The van der Waals surface area contributed by atoms with Gasteiger partial charge in [0.25, 0.3) is 5.91 Å². The molecule has 4 N–H and O–H groups in total. The van der Waals surface area contributed by atoms with Crippen molar-refractivity contribution in [2.75, 3.05) is 27.3 Å². The predicted molar refractivity (Wildman–Crippen MR) is 229 cm³/mol. The van der Waals surface area contributed by atoms with Gasteiger partial charge < -0.3 is 44.6 Å². The second-order valence-corrected chi connectivity index (χ2v) is 15.2. The van der Waals surface area contributed by atoms with Gasteiger partial charge >= 0.3 is 12.2 Å². The smallest absolute Gasteiger partial charge is 0.407 e. The van der Waals surface area contributed by atoms with Crippen LogP contribution in [0.2, 0.25) is 0 Å². The van der Waals surface area contributed by atoms with Gasteiger partial charge in [-0.3, -0.25) is 9.59 Å². The predicted octanol–water partition coefficient (Wildman–Crippen LogP) is 6.80. The van der Waals surface area contributed by atoms with Crippen LogP contribution in [0.25, 0.3) is 11.3 Å². The summed E-state index contributed by atoms with van der Waals surface area (Å²) in [5.41, 5.74) is 3.33. The number of methoxy groups -OCH3 is 2. The van der Waals surface area contributed by atoms with Gasteiger partial charge in [-0.1, -0.05) is 68.4 Å². The Morgan fingerprint density at radius 3 is 2.03 bits per heavy atom. The highest BCUT2D eigenvalue weighted by Gasteiger charge is 2.38. The van der Waals surface area contributed by atoms with Crippen LogP contribution < -0.4 is 15.4 Å². The SMILES string of the molecule is COC(=O)N[C@H](C(=O)N1CCC[C@H]1c1ncc(-c2ccc(C#CC#Cc3cnc([C@@H]4CCCN4C(=O)[C@H](NC(=O)OC)c4ccccc4)[nH]3)c(Oc3ccccc3)c2)[nH]1)C(C)C. The Hall–Kier alpha value is -7.52. The standard InChI is InChI=1S/C47H48N8O7/c1-30(2)40(52-46(58)60-3)44(56)54-25-14-22-38(54)43-49-29-36(51-43)33-24-23-31(39(27-33)62-35-19-9-6-10-20-35)15-11-12-18-34-28-48-42(50-34)37-21-13-26-55(37)45(57)41(53-47(59)61-4)32-16-7-5-8-17-32/h5-10,16-17,19-20,23-24,27-30,37-38,40-41H,13-14,21-22,25-26H2,1-4H3,(H,48,50)(H,49,51)(H,52,58)(H,53,59)/t37-,38-,40-,41+/m0/s1. The number of benzene rings is 3. The van der Waals surface area contributed by atoms with Gasteiger partial charge in [-0.05, 0) is 85.1 Å². The molecule has 4 heterocycles. The number of para-hydroxylation sites is 1. The zero-order chi connectivity index (χ0) is 43.6. The monoisotopic (exact) mass is 836 g/mol. The highest BCUT2D eigenvalue weighted by molar-refractivity contribution is 5.88. The van der Waals surface area contributed by atoms with E-state index in [-0.39, 0.29) is 29.8 Å². The fourth-order valence-electron chi connectivity index (χ4n) is 7.70. The molecule has 0 saturated carbocycles. The summed E-state index contributed by atoms with van der Waals surface area (Å²) < 4.78 is 15.9. The average Bonchev–Trinajstić information content (AvgIpc) is 4.14. The summed E-state index contributed by atoms with van der Waals surface area (Å²) in [7, 11) is 2.54. The van der Waals surface area contributed by atoms with E-state index in [9.17, 15) is 19.2 Å². The Morgan fingerprint density at radius 2 is 1.35 bits per heavy atom. The van der Waals surface area contributed by atoms with Crippen molar-refractivity contribution in [3.63, 3.8) is 0 Å². The van der Waals surface area contributed by atoms with Crippen molar-refractivity contribution in [2.45, 2.75) is 63.7 Å². The number of hydrogen-bond acceptors (Lipinski definition) is 9. The Bertz CT molecular complexity index is 2510. The fraction of sp³-hybridized carbons (Fsp3) is 0.319. The van der Waals surface area contributed by atoms with E-state index in [1.54, 1.807) is 34.3 Å². The first-order valence-electron chi connectivity index (χ1n) is 20.5. The highest BCUT2D eigenvalue weighted by Crippen LogP contribution is 2.35. The Kier molecular flexibility index (Phi) is 13.5. The molecule has 0 aliphatic carbocycles. The van der Waals surface area contributed by atoms with E-state index in [4.69, 9.17) is 19.2 Å².